The maximum Gasteiger partial charge on any atom is 0.187 e. The maximum absolute atomic E-state index is 4.39. The van der Waals surface area contributed by atoms with Crippen molar-refractivity contribution < 1.29 is 0 Å². The van der Waals surface area contributed by atoms with Crippen molar-refractivity contribution in [1.29, 1.82) is 0 Å². The molecule has 0 aliphatic heterocycles. The van der Waals surface area contributed by atoms with Crippen LogP contribution in [0, 0.1) is 6.92 Å². The Morgan fingerprint density at radius 3 is 2.94 bits per heavy atom. The summed E-state index contributed by atoms with van der Waals surface area (Å²) in [5, 5.41) is 4.57. The molecule has 3 nitrogen and oxygen atoms in total. The average molecular weight is 265 g/mol. The minimum Gasteiger partial charge on any atom is -0.314 e. The zero-order valence-corrected chi connectivity index (χ0v) is 12.0. The van der Waals surface area contributed by atoms with Crippen LogP contribution in [0.5, 0.6) is 0 Å². The summed E-state index contributed by atoms with van der Waals surface area (Å²) in [6.45, 7) is 3.14. The molecule has 100 valence electrons. The molecule has 1 aromatic heterocycles. The van der Waals surface area contributed by atoms with Gasteiger partial charge in [0.1, 0.15) is 0 Å². The van der Waals surface area contributed by atoms with Gasteiger partial charge in [-0.25, -0.2) is 9.97 Å². The Balaban J connectivity index is 1.55. The first kappa shape index (κ1) is 13.8. The van der Waals surface area contributed by atoms with Gasteiger partial charge in [-0.15, -0.1) is 0 Å². The maximum atomic E-state index is 4.39. The van der Waals surface area contributed by atoms with Gasteiger partial charge in [0.2, 0.25) is 0 Å². The van der Waals surface area contributed by atoms with Crippen LogP contribution in [0.15, 0.2) is 17.4 Å². The van der Waals surface area contributed by atoms with Crippen molar-refractivity contribution in [3.63, 3.8) is 0 Å². The fourth-order valence-corrected chi connectivity index (χ4v) is 3.16. The Morgan fingerprint density at radius 2 is 2.17 bits per heavy atom. The van der Waals surface area contributed by atoms with E-state index < -0.39 is 0 Å². The normalized spacial score (nSPS) is 16.9. The first-order valence-corrected chi connectivity index (χ1v) is 7.99. The van der Waals surface area contributed by atoms with Crippen LogP contribution < -0.4 is 5.32 Å². The minimum atomic E-state index is 0.777. The van der Waals surface area contributed by atoms with E-state index in [1.54, 1.807) is 11.8 Å². The smallest absolute Gasteiger partial charge is 0.187 e. The van der Waals surface area contributed by atoms with E-state index in [0.717, 1.165) is 29.2 Å². The summed E-state index contributed by atoms with van der Waals surface area (Å²) in [6.07, 6.45) is 10.0. The first-order chi connectivity index (χ1) is 8.84. The monoisotopic (exact) mass is 265 g/mol. The third-order valence-electron chi connectivity index (χ3n) is 3.36. The lowest BCUT2D eigenvalue weighted by Crippen LogP contribution is -2.31. The number of aromatic nitrogens is 2. The lowest BCUT2D eigenvalue weighted by molar-refractivity contribution is 0.375. The summed E-state index contributed by atoms with van der Waals surface area (Å²) in [5.41, 5.74) is 1.05. The van der Waals surface area contributed by atoms with Gasteiger partial charge in [-0.1, -0.05) is 31.0 Å². The molecule has 0 radical (unpaired) electrons. The molecule has 0 bridgehead atoms. The van der Waals surface area contributed by atoms with Crippen LogP contribution in [0.4, 0.5) is 0 Å². The number of nitrogens with zero attached hydrogens (tertiary/aromatic N) is 2. The van der Waals surface area contributed by atoms with Gasteiger partial charge in [0.15, 0.2) is 5.16 Å². The summed E-state index contributed by atoms with van der Waals surface area (Å²) in [6, 6.07) is 2.72. The lowest BCUT2D eigenvalue weighted by atomic mass is 9.95. The van der Waals surface area contributed by atoms with Crippen molar-refractivity contribution in [2.45, 2.75) is 56.6 Å². The van der Waals surface area contributed by atoms with Crippen LogP contribution in [-0.4, -0.2) is 28.3 Å². The predicted molar refractivity (Wildman–Crippen MR) is 77.0 cm³/mol. The summed E-state index contributed by atoms with van der Waals surface area (Å²) >= 11 is 1.76. The summed E-state index contributed by atoms with van der Waals surface area (Å²) in [7, 11) is 0. The molecule has 1 fully saturated rings. The molecule has 0 amide bonds. The highest BCUT2D eigenvalue weighted by Gasteiger charge is 2.11. The molecule has 2 rings (SSSR count). The quantitative estimate of drug-likeness (QED) is 0.487. The predicted octanol–water partition coefficient (Wildman–Crippen LogP) is 3.19. The number of hydrogen-bond acceptors (Lipinski definition) is 4. The van der Waals surface area contributed by atoms with E-state index >= 15 is 0 Å². The molecule has 1 aliphatic carbocycles. The zero-order chi connectivity index (χ0) is 12.6. The molecule has 1 N–H and O–H groups in total. The van der Waals surface area contributed by atoms with Gasteiger partial charge in [-0.05, 0) is 38.8 Å². The molecule has 1 aliphatic rings. The largest absolute Gasteiger partial charge is 0.314 e. The number of hydrogen-bond donors (Lipinski definition) is 1. The van der Waals surface area contributed by atoms with Gasteiger partial charge in [0.05, 0.1) is 0 Å². The molecule has 0 unspecified atom stereocenters. The van der Waals surface area contributed by atoms with Gasteiger partial charge in [-0.2, -0.15) is 0 Å². The van der Waals surface area contributed by atoms with E-state index in [9.17, 15) is 0 Å². The Kier molecular flexibility index (Phi) is 5.94. The standard InChI is InChI=1S/C14H23N3S/c1-12-8-10-16-14(17-12)18-11-5-9-15-13-6-3-2-4-7-13/h8,10,13,15H,2-7,9,11H2,1H3. The second-order valence-corrected chi connectivity index (χ2v) is 6.03. The molecule has 0 aromatic carbocycles. The fourth-order valence-electron chi connectivity index (χ4n) is 2.34. The third-order valence-corrected chi connectivity index (χ3v) is 4.31. The number of nitrogens with one attached hydrogen (secondary N) is 1. The summed E-state index contributed by atoms with van der Waals surface area (Å²) < 4.78 is 0. The van der Waals surface area contributed by atoms with E-state index in [4.69, 9.17) is 0 Å². The first-order valence-electron chi connectivity index (χ1n) is 7.00. The third kappa shape index (κ3) is 4.94. The summed E-state index contributed by atoms with van der Waals surface area (Å²) in [4.78, 5) is 8.65. The van der Waals surface area contributed by atoms with Gasteiger partial charge in [0.25, 0.3) is 0 Å². The highest BCUT2D eigenvalue weighted by atomic mass is 32.2. The number of aryl methyl sites for hydroxylation is 1. The van der Waals surface area contributed by atoms with Gasteiger partial charge in [0, 0.05) is 23.7 Å². The van der Waals surface area contributed by atoms with Crippen molar-refractivity contribution in [3.8, 4) is 0 Å². The number of thioether (sulfide) groups is 1. The highest BCUT2D eigenvalue weighted by molar-refractivity contribution is 7.99. The number of rotatable bonds is 6. The zero-order valence-electron chi connectivity index (χ0n) is 11.2. The second-order valence-electron chi connectivity index (χ2n) is 4.97. The molecule has 1 saturated carbocycles. The Morgan fingerprint density at radius 1 is 1.33 bits per heavy atom. The van der Waals surface area contributed by atoms with Crippen LogP contribution >= 0.6 is 11.8 Å². The van der Waals surface area contributed by atoms with Crippen LogP contribution in [-0.2, 0) is 0 Å². The van der Waals surface area contributed by atoms with Gasteiger partial charge >= 0.3 is 0 Å². The van der Waals surface area contributed by atoms with Gasteiger partial charge < -0.3 is 5.32 Å². The second kappa shape index (κ2) is 7.74. The molecule has 0 atom stereocenters. The SMILES string of the molecule is Cc1ccnc(SCCCNC2CCCCC2)n1. The van der Waals surface area contributed by atoms with Crippen molar-refractivity contribution in [2.24, 2.45) is 0 Å². The fraction of sp³-hybridized carbons (Fsp3) is 0.714. The van der Waals surface area contributed by atoms with E-state index in [0.29, 0.717) is 0 Å². The van der Waals surface area contributed by atoms with Crippen LogP contribution in [0.2, 0.25) is 0 Å². The Labute approximate surface area is 114 Å². The summed E-state index contributed by atoms with van der Waals surface area (Å²) in [5.74, 6) is 1.10. The topological polar surface area (TPSA) is 37.8 Å². The van der Waals surface area contributed by atoms with Crippen LogP contribution in [0.1, 0.15) is 44.2 Å². The van der Waals surface area contributed by atoms with Crippen molar-refractivity contribution in [2.75, 3.05) is 12.3 Å². The van der Waals surface area contributed by atoms with E-state index in [2.05, 4.69) is 15.3 Å². The van der Waals surface area contributed by atoms with Crippen molar-refractivity contribution in [3.05, 3.63) is 18.0 Å². The average Bonchev–Trinajstić information content (AvgIpc) is 2.40. The molecule has 18 heavy (non-hydrogen) atoms. The van der Waals surface area contributed by atoms with E-state index in [-0.39, 0.29) is 0 Å². The Bertz CT molecular complexity index is 351. The molecule has 0 spiro atoms. The minimum absolute atomic E-state index is 0.777. The molecular weight excluding hydrogens is 242 g/mol. The molecular formula is C14H23N3S. The molecule has 4 heteroatoms. The molecule has 1 aromatic rings. The Hall–Kier alpha value is -0.610. The van der Waals surface area contributed by atoms with E-state index in [1.807, 2.05) is 19.2 Å². The van der Waals surface area contributed by atoms with Crippen molar-refractivity contribution in [1.82, 2.24) is 15.3 Å². The highest BCUT2D eigenvalue weighted by Crippen LogP contribution is 2.17. The van der Waals surface area contributed by atoms with E-state index in [1.165, 1.54) is 38.5 Å². The van der Waals surface area contributed by atoms with Gasteiger partial charge in [-0.3, -0.25) is 0 Å². The van der Waals surface area contributed by atoms with Crippen LogP contribution in [0.3, 0.4) is 0 Å². The molecule has 0 saturated heterocycles. The van der Waals surface area contributed by atoms with Crippen molar-refractivity contribution >= 4 is 11.8 Å². The lowest BCUT2D eigenvalue weighted by Gasteiger charge is -2.22. The van der Waals surface area contributed by atoms with Crippen LogP contribution in [0.25, 0.3) is 0 Å². The molecule has 1 heterocycles.